The Hall–Kier alpha value is -3.41. The van der Waals surface area contributed by atoms with Gasteiger partial charge in [-0.3, -0.25) is 9.20 Å². The van der Waals surface area contributed by atoms with E-state index >= 15 is 0 Å². The summed E-state index contributed by atoms with van der Waals surface area (Å²) in [5.74, 6) is 0.677. The highest BCUT2D eigenvalue weighted by molar-refractivity contribution is 5.79. The number of hydrogen-bond donors (Lipinski definition) is 1. The second-order valence-electron chi connectivity index (χ2n) is 6.21. The molecule has 0 aliphatic carbocycles. The summed E-state index contributed by atoms with van der Waals surface area (Å²) >= 11 is 0. The van der Waals surface area contributed by atoms with Crippen LogP contribution in [0.5, 0.6) is 0 Å². The van der Waals surface area contributed by atoms with Crippen molar-refractivity contribution >= 4 is 11.6 Å². The SMILES string of the molecule is CC(NC(=O)Cc1ccc(-n2cccc2)cc1)c1nnc2ccccn12. The summed E-state index contributed by atoms with van der Waals surface area (Å²) in [5, 5.41) is 11.3. The van der Waals surface area contributed by atoms with E-state index in [-0.39, 0.29) is 11.9 Å². The zero-order chi connectivity index (χ0) is 17.9. The van der Waals surface area contributed by atoms with Crippen LogP contribution >= 0.6 is 0 Å². The topological polar surface area (TPSA) is 64.2 Å². The third-order valence-electron chi connectivity index (χ3n) is 4.31. The number of carbonyl (C=O) groups is 1. The Kier molecular flexibility index (Phi) is 4.23. The Balaban J connectivity index is 1.42. The van der Waals surface area contributed by atoms with Crippen LogP contribution in [-0.4, -0.2) is 25.1 Å². The van der Waals surface area contributed by atoms with Gasteiger partial charge in [0, 0.05) is 24.3 Å². The number of nitrogens with one attached hydrogen (secondary N) is 1. The lowest BCUT2D eigenvalue weighted by molar-refractivity contribution is -0.121. The van der Waals surface area contributed by atoms with Crippen molar-refractivity contribution in [1.82, 2.24) is 24.5 Å². The average Bonchev–Trinajstić information content (AvgIpc) is 3.32. The van der Waals surface area contributed by atoms with Gasteiger partial charge in [0.05, 0.1) is 12.5 Å². The summed E-state index contributed by atoms with van der Waals surface area (Å²) in [4.78, 5) is 12.4. The molecule has 6 nitrogen and oxygen atoms in total. The van der Waals surface area contributed by atoms with Gasteiger partial charge in [-0.2, -0.15) is 0 Å². The smallest absolute Gasteiger partial charge is 0.224 e. The van der Waals surface area contributed by atoms with Crippen molar-refractivity contribution in [3.8, 4) is 5.69 Å². The molecule has 6 heteroatoms. The van der Waals surface area contributed by atoms with E-state index in [4.69, 9.17) is 0 Å². The van der Waals surface area contributed by atoms with E-state index in [0.717, 1.165) is 22.7 Å². The zero-order valence-electron chi connectivity index (χ0n) is 14.4. The Bertz CT molecular complexity index is 1020. The van der Waals surface area contributed by atoms with E-state index < -0.39 is 0 Å². The van der Waals surface area contributed by atoms with E-state index in [1.165, 1.54) is 0 Å². The molecule has 0 aliphatic heterocycles. The largest absolute Gasteiger partial charge is 0.346 e. The lowest BCUT2D eigenvalue weighted by Crippen LogP contribution is -2.29. The maximum Gasteiger partial charge on any atom is 0.224 e. The minimum absolute atomic E-state index is 0.0427. The fourth-order valence-electron chi connectivity index (χ4n) is 2.99. The Morgan fingerprint density at radius 3 is 2.50 bits per heavy atom. The van der Waals surface area contributed by atoms with Crippen LogP contribution in [0.4, 0.5) is 0 Å². The first-order valence-corrected chi connectivity index (χ1v) is 8.52. The first kappa shape index (κ1) is 16.1. The number of rotatable bonds is 5. The summed E-state index contributed by atoms with van der Waals surface area (Å²) in [6.45, 7) is 1.91. The van der Waals surface area contributed by atoms with E-state index in [9.17, 15) is 4.79 Å². The highest BCUT2D eigenvalue weighted by Crippen LogP contribution is 2.13. The molecule has 0 saturated carbocycles. The fourth-order valence-corrected chi connectivity index (χ4v) is 2.99. The van der Waals surface area contributed by atoms with Crippen molar-refractivity contribution in [3.05, 3.63) is 84.6 Å². The lowest BCUT2D eigenvalue weighted by Gasteiger charge is -2.12. The monoisotopic (exact) mass is 345 g/mol. The molecule has 0 bridgehead atoms. The van der Waals surface area contributed by atoms with E-state index in [1.807, 2.05) is 89.1 Å². The van der Waals surface area contributed by atoms with Gasteiger partial charge in [0.2, 0.25) is 5.91 Å². The van der Waals surface area contributed by atoms with Crippen LogP contribution in [0.25, 0.3) is 11.3 Å². The minimum atomic E-state index is -0.223. The molecule has 1 amide bonds. The highest BCUT2D eigenvalue weighted by atomic mass is 16.1. The van der Waals surface area contributed by atoms with Crippen molar-refractivity contribution in [1.29, 1.82) is 0 Å². The average molecular weight is 345 g/mol. The van der Waals surface area contributed by atoms with Gasteiger partial charge in [0.15, 0.2) is 11.5 Å². The molecule has 1 unspecified atom stereocenters. The Morgan fingerprint density at radius 2 is 1.73 bits per heavy atom. The minimum Gasteiger partial charge on any atom is -0.346 e. The molecule has 4 rings (SSSR count). The van der Waals surface area contributed by atoms with Crippen LogP contribution in [0.2, 0.25) is 0 Å². The van der Waals surface area contributed by atoms with Crippen molar-refractivity contribution < 1.29 is 4.79 Å². The standard InChI is InChI=1S/C20H19N5O/c1-15(20-23-22-18-6-2-3-13-25(18)20)21-19(26)14-16-7-9-17(10-8-16)24-11-4-5-12-24/h2-13,15H,14H2,1H3,(H,21,26). The van der Waals surface area contributed by atoms with Crippen LogP contribution in [0.1, 0.15) is 24.4 Å². The number of hydrogen-bond acceptors (Lipinski definition) is 3. The van der Waals surface area contributed by atoms with Gasteiger partial charge in [-0.05, 0) is 48.9 Å². The fraction of sp³-hybridized carbons (Fsp3) is 0.150. The zero-order valence-corrected chi connectivity index (χ0v) is 14.4. The summed E-state index contributed by atoms with van der Waals surface area (Å²) < 4.78 is 3.92. The second kappa shape index (κ2) is 6.84. The van der Waals surface area contributed by atoms with Crippen LogP contribution < -0.4 is 5.32 Å². The van der Waals surface area contributed by atoms with Gasteiger partial charge in [-0.1, -0.05) is 18.2 Å². The van der Waals surface area contributed by atoms with Crippen LogP contribution in [-0.2, 0) is 11.2 Å². The molecule has 1 aromatic carbocycles. The molecule has 130 valence electrons. The molecule has 0 spiro atoms. The number of aromatic nitrogens is 4. The molecule has 0 radical (unpaired) electrons. The van der Waals surface area contributed by atoms with E-state index in [0.29, 0.717) is 6.42 Å². The first-order chi connectivity index (χ1) is 12.7. The van der Waals surface area contributed by atoms with Gasteiger partial charge in [0.25, 0.3) is 0 Å². The molecule has 1 atom stereocenters. The summed E-state index contributed by atoms with van der Waals surface area (Å²) in [5.41, 5.74) is 2.81. The van der Waals surface area contributed by atoms with Crippen LogP contribution in [0.3, 0.4) is 0 Å². The molecular formula is C20H19N5O. The number of benzene rings is 1. The number of carbonyl (C=O) groups excluding carboxylic acids is 1. The number of amides is 1. The van der Waals surface area contributed by atoms with Crippen LogP contribution in [0.15, 0.2) is 73.2 Å². The Labute approximate surface area is 151 Å². The normalized spacial score (nSPS) is 12.2. The molecule has 3 aromatic heterocycles. The van der Waals surface area contributed by atoms with E-state index in [1.54, 1.807) is 0 Å². The van der Waals surface area contributed by atoms with Crippen LogP contribution in [0, 0.1) is 0 Å². The van der Waals surface area contributed by atoms with Crippen molar-refractivity contribution in [2.24, 2.45) is 0 Å². The van der Waals surface area contributed by atoms with Gasteiger partial charge >= 0.3 is 0 Å². The Morgan fingerprint density at radius 1 is 1.00 bits per heavy atom. The molecule has 26 heavy (non-hydrogen) atoms. The summed E-state index contributed by atoms with van der Waals surface area (Å²) in [6.07, 6.45) is 6.21. The van der Waals surface area contributed by atoms with Gasteiger partial charge in [-0.15, -0.1) is 10.2 Å². The number of nitrogens with zero attached hydrogens (tertiary/aromatic N) is 4. The maximum absolute atomic E-state index is 12.4. The number of pyridine rings is 1. The predicted octanol–water partition coefficient (Wildman–Crippen LogP) is 2.94. The van der Waals surface area contributed by atoms with Gasteiger partial charge in [0.1, 0.15) is 0 Å². The highest BCUT2D eigenvalue weighted by Gasteiger charge is 2.15. The molecule has 0 saturated heterocycles. The summed E-state index contributed by atoms with van der Waals surface area (Å²) in [6, 6.07) is 17.4. The van der Waals surface area contributed by atoms with Crippen molar-refractivity contribution in [2.45, 2.75) is 19.4 Å². The van der Waals surface area contributed by atoms with Gasteiger partial charge < -0.3 is 9.88 Å². The van der Waals surface area contributed by atoms with Crippen molar-refractivity contribution in [3.63, 3.8) is 0 Å². The molecule has 0 fully saturated rings. The predicted molar refractivity (Wildman–Crippen MR) is 99.0 cm³/mol. The quantitative estimate of drug-likeness (QED) is 0.605. The third kappa shape index (κ3) is 3.21. The summed E-state index contributed by atoms with van der Waals surface area (Å²) in [7, 11) is 0. The second-order valence-corrected chi connectivity index (χ2v) is 6.21. The first-order valence-electron chi connectivity index (χ1n) is 8.52. The van der Waals surface area contributed by atoms with Gasteiger partial charge in [-0.25, -0.2) is 0 Å². The van der Waals surface area contributed by atoms with Crippen molar-refractivity contribution in [2.75, 3.05) is 0 Å². The third-order valence-corrected chi connectivity index (χ3v) is 4.31. The molecular weight excluding hydrogens is 326 g/mol. The number of fused-ring (bicyclic) bond motifs is 1. The molecule has 4 aromatic rings. The molecule has 1 N–H and O–H groups in total. The molecule has 0 aliphatic rings. The lowest BCUT2D eigenvalue weighted by atomic mass is 10.1. The maximum atomic E-state index is 12.4. The molecule has 3 heterocycles. The van der Waals surface area contributed by atoms with E-state index in [2.05, 4.69) is 15.5 Å².